The lowest BCUT2D eigenvalue weighted by molar-refractivity contribution is -0.124. The summed E-state index contributed by atoms with van der Waals surface area (Å²) in [5.74, 6) is -0.462. The van der Waals surface area contributed by atoms with Gasteiger partial charge in [0.15, 0.2) is 11.6 Å². The normalized spacial score (nSPS) is 17.3. The Labute approximate surface area is 124 Å². The fourth-order valence-electron chi connectivity index (χ4n) is 2.27. The number of aryl methyl sites for hydroxylation is 1. The second kappa shape index (κ2) is 6.43. The molecule has 1 amide bonds. The first-order chi connectivity index (χ1) is 9.90. The second-order valence-electron chi connectivity index (χ2n) is 6.00. The van der Waals surface area contributed by atoms with Gasteiger partial charge in [0.1, 0.15) is 0 Å². The maximum atomic E-state index is 13.5. The van der Waals surface area contributed by atoms with Crippen LogP contribution in [-0.4, -0.2) is 24.1 Å². The molecular weight excluding hydrogens is 271 g/mol. The summed E-state index contributed by atoms with van der Waals surface area (Å²) in [7, 11) is 0. The molecule has 0 saturated heterocycles. The van der Waals surface area contributed by atoms with Crippen LogP contribution in [0.2, 0.25) is 0 Å². The summed E-state index contributed by atoms with van der Waals surface area (Å²) in [4.78, 5) is 11.6. The fraction of sp³-hybridized carbons (Fsp3) is 0.562. The predicted octanol–water partition coefficient (Wildman–Crippen LogP) is 2.29. The van der Waals surface area contributed by atoms with Crippen molar-refractivity contribution in [2.24, 2.45) is 5.73 Å². The highest BCUT2D eigenvalue weighted by atomic mass is 19.1. The molecule has 1 aromatic rings. The Morgan fingerprint density at radius 2 is 2.24 bits per heavy atom. The van der Waals surface area contributed by atoms with Crippen molar-refractivity contribution < 1.29 is 13.9 Å². The number of rotatable bonds is 8. The van der Waals surface area contributed by atoms with Crippen LogP contribution in [-0.2, 0) is 4.79 Å². The van der Waals surface area contributed by atoms with Gasteiger partial charge >= 0.3 is 0 Å². The zero-order valence-electron chi connectivity index (χ0n) is 12.6. The number of hydrogen-bond acceptors (Lipinski definition) is 3. The maximum absolute atomic E-state index is 13.5. The van der Waals surface area contributed by atoms with Gasteiger partial charge in [-0.05, 0) is 57.2 Å². The summed E-state index contributed by atoms with van der Waals surface area (Å²) in [6.45, 7) is 4.06. The molecule has 1 aromatic carbocycles. The summed E-state index contributed by atoms with van der Waals surface area (Å²) >= 11 is 0. The van der Waals surface area contributed by atoms with Crippen LogP contribution in [0.3, 0.4) is 0 Å². The molecule has 1 aliphatic rings. The average molecular weight is 294 g/mol. The second-order valence-corrected chi connectivity index (χ2v) is 6.00. The van der Waals surface area contributed by atoms with Gasteiger partial charge in [-0.15, -0.1) is 0 Å². The topological polar surface area (TPSA) is 64.3 Å². The molecule has 0 aliphatic heterocycles. The molecule has 0 aromatic heterocycles. The molecule has 1 unspecified atom stereocenters. The molecule has 21 heavy (non-hydrogen) atoms. The number of primary amides is 1. The molecule has 0 radical (unpaired) electrons. The number of carbonyl (C=O) groups is 1. The van der Waals surface area contributed by atoms with Gasteiger partial charge in [0.05, 0.1) is 12.1 Å². The van der Waals surface area contributed by atoms with Crippen molar-refractivity contribution in [3.05, 3.63) is 29.6 Å². The van der Waals surface area contributed by atoms with E-state index in [0.717, 1.165) is 18.4 Å². The number of halogens is 1. The van der Waals surface area contributed by atoms with Crippen LogP contribution in [0.4, 0.5) is 4.39 Å². The smallest absolute Gasteiger partial charge is 0.237 e. The molecule has 5 heteroatoms. The monoisotopic (exact) mass is 294 g/mol. The van der Waals surface area contributed by atoms with E-state index in [4.69, 9.17) is 10.5 Å². The lowest BCUT2D eigenvalue weighted by atomic mass is 9.95. The van der Waals surface area contributed by atoms with E-state index >= 15 is 0 Å². The standard InChI is InChI=1S/C16H23FN2O2/c1-11-4-7-13(17)14(10-11)21-9-3-8-16(2,15(18)20)19-12-5-6-12/h4,7,10,12,19H,3,5-6,8-9H2,1-2H3,(H2,18,20). The molecule has 1 saturated carbocycles. The minimum atomic E-state index is -0.713. The molecule has 2 rings (SSSR count). The number of nitrogens with two attached hydrogens (primary N) is 1. The Morgan fingerprint density at radius 3 is 2.86 bits per heavy atom. The summed E-state index contributed by atoms with van der Waals surface area (Å²) < 4.78 is 19.0. The van der Waals surface area contributed by atoms with Crippen molar-refractivity contribution in [3.8, 4) is 5.75 Å². The third-order valence-corrected chi connectivity index (χ3v) is 3.81. The Bertz CT molecular complexity index is 517. The van der Waals surface area contributed by atoms with Crippen molar-refractivity contribution >= 4 is 5.91 Å². The number of ether oxygens (including phenoxy) is 1. The summed E-state index contributed by atoms with van der Waals surface area (Å²) in [5.41, 5.74) is 5.72. The van der Waals surface area contributed by atoms with Gasteiger partial charge in [0, 0.05) is 6.04 Å². The zero-order chi connectivity index (χ0) is 15.5. The molecule has 0 heterocycles. The van der Waals surface area contributed by atoms with Crippen LogP contribution in [0, 0.1) is 12.7 Å². The first-order valence-electron chi connectivity index (χ1n) is 7.37. The molecule has 116 valence electrons. The van der Waals surface area contributed by atoms with E-state index in [0.29, 0.717) is 25.5 Å². The predicted molar refractivity (Wildman–Crippen MR) is 79.6 cm³/mol. The van der Waals surface area contributed by atoms with E-state index in [1.165, 1.54) is 6.07 Å². The molecule has 0 bridgehead atoms. The van der Waals surface area contributed by atoms with Crippen LogP contribution >= 0.6 is 0 Å². The van der Waals surface area contributed by atoms with Crippen LogP contribution < -0.4 is 15.8 Å². The van der Waals surface area contributed by atoms with Gasteiger partial charge in [0.25, 0.3) is 0 Å². The number of benzene rings is 1. The van der Waals surface area contributed by atoms with Crippen molar-refractivity contribution in [2.75, 3.05) is 6.61 Å². The van der Waals surface area contributed by atoms with Gasteiger partial charge in [-0.1, -0.05) is 6.07 Å². The minimum absolute atomic E-state index is 0.255. The average Bonchev–Trinajstić information content (AvgIpc) is 3.22. The van der Waals surface area contributed by atoms with Crippen LogP contribution in [0.25, 0.3) is 0 Å². The van der Waals surface area contributed by atoms with Crippen molar-refractivity contribution in [1.29, 1.82) is 0 Å². The van der Waals surface area contributed by atoms with Crippen LogP contribution in [0.1, 0.15) is 38.2 Å². The molecular formula is C16H23FN2O2. The number of carbonyl (C=O) groups excluding carboxylic acids is 1. The quantitative estimate of drug-likeness (QED) is 0.723. The summed E-state index contributed by atoms with van der Waals surface area (Å²) in [6, 6.07) is 5.17. The Kier molecular flexibility index (Phi) is 4.83. The first-order valence-corrected chi connectivity index (χ1v) is 7.37. The van der Waals surface area contributed by atoms with E-state index in [2.05, 4.69) is 5.32 Å². The lowest BCUT2D eigenvalue weighted by Crippen LogP contribution is -2.54. The summed E-state index contributed by atoms with van der Waals surface area (Å²) in [6.07, 6.45) is 3.39. The van der Waals surface area contributed by atoms with Crippen LogP contribution in [0.15, 0.2) is 18.2 Å². The van der Waals surface area contributed by atoms with Crippen molar-refractivity contribution in [1.82, 2.24) is 5.32 Å². The lowest BCUT2D eigenvalue weighted by Gasteiger charge is -2.27. The Hall–Kier alpha value is -1.62. The zero-order valence-corrected chi connectivity index (χ0v) is 12.6. The fourth-order valence-corrected chi connectivity index (χ4v) is 2.27. The van der Waals surface area contributed by atoms with E-state index in [-0.39, 0.29) is 17.5 Å². The first kappa shape index (κ1) is 15.8. The third-order valence-electron chi connectivity index (χ3n) is 3.81. The Morgan fingerprint density at radius 1 is 1.52 bits per heavy atom. The largest absolute Gasteiger partial charge is 0.491 e. The van der Waals surface area contributed by atoms with Crippen molar-refractivity contribution in [2.45, 2.75) is 51.1 Å². The van der Waals surface area contributed by atoms with Gasteiger partial charge in [-0.3, -0.25) is 4.79 Å². The highest BCUT2D eigenvalue weighted by molar-refractivity contribution is 5.84. The van der Waals surface area contributed by atoms with Gasteiger partial charge in [-0.25, -0.2) is 4.39 Å². The van der Waals surface area contributed by atoms with E-state index in [1.54, 1.807) is 12.1 Å². The van der Waals surface area contributed by atoms with E-state index < -0.39 is 5.54 Å². The minimum Gasteiger partial charge on any atom is -0.491 e. The Balaban J connectivity index is 1.82. The molecule has 1 fully saturated rings. The van der Waals surface area contributed by atoms with E-state index in [1.807, 2.05) is 13.8 Å². The molecule has 0 spiro atoms. The highest BCUT2D eigenvalue weighted by Crippen LogP contribution is 2.25. The third kappa shape index (κ3) is 4.43. The van der Waals surface area contributed by atoms with Gasteiger partial charge in [0.2, 0.25) is 5.91 Å². The molecule has 1 atom stereocenters. The highest BCUT2D eigenvalue weighted by Gasteiger charge is 2.36. The SMILES string of the molecule is Cc1ccc(F)c(OCCCC(C)(NC2CC2)C(N)=O)c1. The molecule has 4 nitrogen and oxygen atoms in total. The maximum Gasteiger partial charge on any atom is 0.237 e. The van der Waals surface area contributed by atoms with E-state index in [9.17, 15) is 9.18 Å². The molecule has 1 aliphatic carbocycles. The summed E-state index contributed by atoms with van der Waals surface area (Å²) in [5, 5.41) is 3.28. The van der Waals surface area contributed by atoms with Gasteiger partial charge in [-0.2, -0.15) is 0 Å². The number of amides is 1. The number of hydrogen-bond donors (Lipinski definition) is 2. The molecule has 3 N–H and O–H groups in total. The van der Waals surface area contributed by atoms with Crippen LogP contribution in [0.5, 0.6) is 5.75 Å². The van der Waals surface area contributed by atoms with Crippen molar-refractivity contribution in [3.63, 3.8) is 0 Å². The van der Waals surface area contributed by atoms with Gasteiger partial charge < -0.3 is 15.8 Å². The number of nitrogens with one attached hydrogen (secondary N) is 1.